The molecular weight excluding hydrogens is 342 g/mol. The number of amides is 1. The largest absolute Gasteiger partial charge is 0.493 e. The van der Waals surface area contributed by atoms with E-state index in [-0.39, 0.29) is 17.4 Å². The fourth-order valence-electron chi connectivity index (χ4n) is 2.46. The van der Waals surface area contributed by atoms with Crippen LogP contribution in [0.4, 0.5) is 14.5 Å². The molecule has 0 saturated heterocycles. The first-order chi connectivity index (χ1) is 12.3. The van der Waals surface area contributed by atoms with Gasteiger partial charge in [0, 0.05) is 38.9 Å². The third-order valence-corrected chi connectivity index (χ3v) is 3.85. The summed E-state index contributed by atoms with van der Waals surface area (Å²) in [5.74, 6) is -0.274. The lowest BCUT2D eigenvalue weighted by Gasteiger charge is -2.19. The Morgan fingerprint density at radius 3 is 2.23 bits per heavy atom. The Morgan fingerprint density at radius 2 is 1.69 bits per heavy atom. The lowest BCUT2D eigenvalue weighted by atomic mass is 10.1. The molecule has 5 nitrogen and oxygen atoms in total. The number of nitrogens with zero attached hydrogens (tertiary/aromatic N) is 2. The smallest absolute Gasteiger partial charge is 0.387 e. The molecule has 2 aromatic rings. The monoisotopic (exact) mass is 364 g/mol. The number of carbonyl (C=O) groups excluding carboxylic acids is 1. The molecule has 0 aliphatic heterocycles. The van der Waals surface area contributed by atoms with E-state index < -0.39 is 6.61 Å². The summed E-state index contributed by atoms with van der Waals surface area (Å²) in [7, 11) is 6.93. The predicted molar refractivity (Wildman–Crippen MR) is 96.2 cm³/mol. The van der Waals surface area contributed by atoms with Crippen LogP contribution in [-0.4, -0.2) is 45.7 Å². The molecular formula is C19H22F2N2O3. The number of hydrogen-bond acceptors (Lipinski definition) is 4. The third-order valence-electron chi connectivity index (χ3n) is 3.85. The second kappa shape index (κ2) is 8.51. The Kier molecular flexibility index (Phi) is 6.38. The number of anilines is 1. The van der Waals surface area contributed by atoms with Crippen LogP contribution in [0.5, 0.6) is 11.5 Å². The molecule has 1 amide bonds. The summed E-state index contributed by atoms with van der Waals surface area (Å²) >= 11 is 0. The minimum atomic E-state index is -2.96. The van der Waals surface area contributed by atoms with Gasteiger partial charge in [-0.3, -0.25) is 4.79 Å². The molecule has 0 aliphatic carbocycles. The van der Waals surface area contributed by atoms with Gasteiger partial charge in [0.05, 0.1) is 7.11 Å². The minimum absolute atomic E-state index is 0.0832. The van der Waals surface area contributed by atoms with Crippen molar-refractivity contribution in [3.05, 3.63) is 53.6 Å². The van der Waals surface area contributed by atoms with Gasteiger partial charge in [0.2, 0.25) is 0 Å². The summed E-state index contributed by atoms with van der Waals surface area (Å²) in [6, 6.07) is 12.0. The lowest BCUT2D eigenvalue weighted by Crippen LogP contribution is -2.26. The highest BCUT2D eigenvalue weighted by Gasteiger charge is 2.17. The summed E-state index contributed by atoms with van der Waals surface area (Å²) in [4.78, 5) is 16.1. The van der Waals surface area contributed by atoms with Crippen LogP contribution in [0.25, 0.3) is 0 Å². The van der Waals surface area contributed by atoms with Crippen LogP contribution in [0.1, 0.15) is 15.9 Å². The van der Waals surface area contributed by atoms with Crippen molar-refractivity contribution in [1.29, 1.82) is 0 Å². The Labute approximate surface area is 151 Å². The molecule has 0 saturated carbocycles. The first-order valence-electron chi connectivity index (χ1n) is 7.96. The summed E-state index contributed by atoms with van der Waals surface area (Å²) in [5.41, 5.74) is 2.38. The molecule has 0 aromatic heterocycles. The Balaban J connectivity index is 2.12. The molecule has 0 unspecified atom stereocenters. The molecule has 2 aromatic carbocycles. The Morgan fingerprint density at radius 1 is 1.04 bits per heavy atom. The van der Waals surface area contributed by atoms with Gasteiger partial charge >= 0.3 is 6.61 Å². The van der Waals surface area contributed by atoms with Crippen LogP contribution < -0.4 is 14.4 Å². The maximum absolute atomic E-state index is 12.6. The van der Waals surface area contributed by atoms with E-state index in [0.29, 0.717) is 12.1 Å². The van der Waals surface area contributed by atoms with Gasteiger partial charge in [0.15, 0.2) is 11.5 Å². The quantitative estimate of drug-likeness (QED) is 0.752. The fourth-order valence-corrected chi connectivity index (χ4v) is 2.46. The normalized spacial score (nSPS) is 10.6. The third kappa shape index (κ3) is 4.84. The van der Waals surface area contributed by atoms with Crippen molar-refractivity contribution in [3.8, 4) is 11.5 Å². The van der Waals surface area contributed by atoms with Gasteiger partial charge in [-0.1, -0.05) is 12.1 Å². The van der Waals surface area contributed by atoms with Gasteiger partial charge in [0.25, 0.3) is 5.91 Å². The van der Waals surface area contributed by atoms with E-state index in [1.807, 2.05) is 43.3 Å². The number of methoxy groups -OCH3 is 1. The number of hydrogen-bond donors (Lipinski definition) is 0. The molecule has 0 heterocycles. The van der Waals surface area contributed by atoms with E-state index in [1.165, 1.54) is 25.3 Å². The maximum Gasteiger partial charge on any atom is 0.387 e. The fraction of sp³-hybridized carbons (Fsp3) is 0.316. The van der Waals surface area contributed by atoms with Crippen molar-refractivity contribution < 1.29 is 23.0 Å². The summed E-state index contributed by atoms with van der Waals surface area (Å²) < 4.78 is 34.2. The number of halogens is 2. The van der Waals surface area contributed by atoms with E-state index in [9.17, 15) is 13.6 Å². The zero-order chi connectivity index (χ0) is 19.3. The molecule has 2 rings (SSSR count). The van der Waals surface area contributed by atoms with Crippen molar-refractivity contribution in [2.24, 2.45) is 0 Å². The van der Waals surface area contributed by atoms with E-state index in [0.717, 1.165) is 11.3 Å². The minimum Gasteiger partial charge on any atom is -0.493 e. The standard InChI is InChI=1S/C19H22F2N2O3/c1-22(2)15-8-5-13(6-9-15)12-23(3)18(24)14-7-10-16(26-19(20)21)17(11-14)25-4/h5-11,19H,12H2,1-4H3. The van der Waals surface area contributed by atoms with Crippen LogP contribution in [0.2, 0.25) is 0 Å². The molecule has 26 heavy (non-hydrogen) atoms. The molecule has 140 valence electrons. The van der Waals surface area contributed by atoms with Crippen LogP contribution in [0.15, 0.2) is 42.5 Å². The van der Waals surface area contributed by atoms with Gasteiger partial charge in [-0.2, -0.15) is 8.78 Å². The van der Waals surface area contributed by atoms with Crippen molar-refractivity contribution in [2.75, 3.05) is 33.2 Å². The highest BCUT2D eigenvalue weighted by atomic mass is 19.3. The molecule has 0 fully saturated rings. The Hall–Kier alpha value is -2.83. The highest BCUT2D eigenvalue weighted by Crippen LogP contribution is 2.30. The van der Waals surface area contributed by atoms with Crippen LogP contribution in [0, 0.1) is 0 Å². The molecule has 0 atom stereocenters. The Bertz CT molecular complexity index is 749. The number of ether oxygens (including phenoxy) is 2. The number of carbonyl (C=O) groups is 1. The lowest BCUT2D eigenvalue weighted by molar-refractivity contribution is -0.0512. The molecule has 0 aliphatic rings. The summed E-state index contributed by atoms with van der Waals surface area (Å²) in [5, 5.41) is 0. The predicted octanol–water partition coefficient (Wildman–Crippen LogP) is 3.63. The number of alkyl halides is 2. The van der Waals surface area contributed by atoms with Gasteiger partial charge in [-0.05, 0) is 35.9 Å². The molecule has 0 radical (unpaired) electrons. The van der Waals surface area contributed by atoms with Crippen LogP contribution >= 0.6 is 0 Å². The summed E-state index contributed by atoms with van der Waals surface area (Å²) in [6.45, 7) is -2.54. The highest BCUT2D eigenvalue weighted by molar-refractivity contribution is 5.94. The van der Waals surface area contributed by atoms with Crippen LogP contribution in [-0.2, 0) is 6.54 Å². The zero-order valence-corrected chi connectivity index (χ0v) is 15.2. The van der Waals surface area contributed by atoms with Gasteiger partial charge in [-0.15, -0.1) is 0 Å². The van der Waals surface area contributed by atoms with Gasteiger partial charge in [-0.25, -0.2) is 0 Å². The van der Waals surface area contributed by atoms with Crippen molar-refractivity contribution >= 4 is 11.6 Å². The first-order valence-corrected chi connectivity index (χ1v) is 7.96. The average Bonchev–Trinajstić information content (AvgIpc) is 2.61. The van der Waals surface area contributed by atoms with Crippen LogP contribution in [0.3, 0.4) is 0 Å². The average molecular weight is 364 g/mol. The van der Waals surface area contributed by atoms with Crippen molar-refractivity contribution in [2.45, 2.75) is 13.2 Å². The molecule has 7 heteroatoms. The topological polar surface area (TPSA) is 42.0 Å². The second-order valence-electron chi connectivity index (χ2n) is 5.97. The van der Waals surface area contributed by atoms with E-state index in [1.54, 1.807) is 11.9 Å². The van der Waals surface area contributed by atoms with Crippen molar-refractivity contribution in [3.63, 3.8) is 0 Å². The van der Waals surface area contributed by atoms with Crippen molar-refractivity contribution in [1.82, 2.24) is 4.90 Å². The zero-order valence-electron chi connectivity index (χ0n) is 15.2. The van der Waals surface area contributed by atoms with Gasteiger partial charge in [0.1, 0.15) is 0 Å². The van der Waals surface area contributed by atoms with E-state index >= 15 is 0 Å². The van der Waals surface area contributed by atoms with E-state index in [2.05, 4.69) is 4.74 Å². The SMILES string of the molecule is COc1cc(C(=O)N(C)Cc2ccc(N(C)C)cc2)ccc1OC(F)F. The van der Waals surface area contributed by atoms with Gasteiger partial charge < -0.3 is 19.3 Å². The van der Waals surface area contributed by atoms with E-state index in [4.69, 9.17) is 4.74 Å². The molecule has 0 bridgehead atoms. The number of rotatable bonds is 7. The summed E-state index contributed by atoms with van der Waals surface area (Å²) in [6.07, 6.45) is 0. The second-order valence-corrected chi connectivity index (χ2v) is 5.97. The number of benzene rings is 2. The first kappa shape index (κ1) is 19.5. The molecule has 0 N–H and O–H groups in total. The molecule has 0 spiro atoms. The maximum atomic E-state index is 12.6.